The van der Waals surface area contributed by atoms with Crippen molar-refractivity contribution in [1.82, 2.24) is 19.9 Å². The van der Waals surface area contributed by atoms with Crippen molar-refractivity contribution >= 4 is 34.9 Å². The van der Waals surface area contributed by atoms with Gasteiger partial charge in [0.25, 0.3) is 5.91 Å². The molecule has 0 radical (unpaired) electrons. The molecule has 11 heteroatoms. The molecule has 2 saturated carbocycles. The molecule has 36 heavy (non-hydrogen) atoms. The van der Waals surface area contributed by atoms with Crippen LogP contribution in [0.3, 0.4) is 0 Å². The number of rotatable bonds is 4. The van der Waals surface area contributed by atoms with E-state index in [9.17, 15) is 18.0 Å². The quantitative estimate of drug-likeness (QED) is 0.437. The minimum absolute atomic E-state index is 0.0542. The number of hydrogen-bond acceptors (Lipinski definition) is 5. The number of alkyl halides is 3. The summed E-state index contributed by atoms with van der Waals surface area (Å²) in [5, 5.41) is 3.10. The molecule has 3 fully saturated rings. The molecule has 1 aliphatic heterocycles. The highest BCUT2D eigenvalue weighted by Crippen LogP contribution is 2.65. The Hall–Kier alpha value is -2.91. The smallest absolute Gasteiger partial charge is 0.365 e. The first-order valence-corrected chi connectivity index (χ1v) is 12.2. The van der Waals surface area contributed by atoms with Crippen LogP contribution in [0.5, 0.6) is 0 Å². The summed E-state index contributed by atoms with van der Waals surface area (Å²) >= 11 is 12.0. The molecular formula is C25H20Cl2F3N5O. The molecule has 3 aromatic rings. The van der Waals surface area contributed by atoms with Crippen molar-refractivity contribution in [2.24, 2.45) is 5.41 Å². The number of anilines is 1. The number of carbonyl (C=O) groups is 1. The van der Waals surface area contributed by atoms with Crippen molar-refractivity contribution in [2.75, 3.05) is 11.9 Å². The molecule has 1 aromatic carbocycles. The minimum Gasteiger partial charge on any atom is -0.365 e. The van der Waals surface area contributed by atoms with Crippen molar-refractivity contribution in [3.8, 4) is 11.4 Å². The molecule has 0 bridgehead atoms. The van der Waals surface area contributed by atoms with Crippen molar-refractivity contribution < 1.29 is 18.0 Å². The third kappa shape index (κ3) is 3.98. The van der Waals surface area contributed by atoms with Gasteiger partial charge in [0, 0.05) is 35.7 Å². The fraction of sp³-hybridized carbons (Fsp3) is 0.360. The molecule has 1 amide bonds. The third-order valence-corrected chi connectivity index (χ3v) is 8.00. The third-order valence-electron chi connectivity index (χ3n) is 7.46. The summed E-state index contributed by atoms with van der Waals surface area (Å²) in [5.74, 6) is 0.314. The van der Waals surface area contributed by atoms with Gasteiger partial charge < -0.3 is 10.2 Å². The maximum absolute atomic E-state index is 14.0. The number of amides is 1. The lowest BCUT2D eigenvalue weighted by Gasteiger charge is -2.27. The number of likely N-dealkylation sites (tertiary alicyclic amines) is 1. The molecule has 1 N–H and O–H groups in total. The maximum atomic E-state index is 14.0. The molecule has 2 atom stereocenters. The normalized spacial score (nSPS) is 23.8. The van der Waals surface area contributed by atoms with Gasteiger partial charge in [-0.1, -0.05) is 23.2 Å². The molecule has 2 aliphatic carbocycles. The Kier molecular flexibility index (Phi) is 5.25. The summed E-state index contributed by atoms with van der Waals surface area (Å²) in [5.41, 5.74) is -0.416. The first-order chi connectivity index (χ1) is 17.1. The molecule has 3 aliphatic rings. The van der Waals surface area contributed by atoms with Gasteiger partial charge in [0.05, 0.1) is 27.7 Å². The van der Waals surface area contributed by atoms with Crippen LogP contribution in [0, 0.1) is 5.41 Å². The van der Waals surface area contributed by atoms with Crippen molar-refractivity contribution in [3.05, 3.63) is 70.1 Å². The number of nitrogens with one attached hydrogen (secondary N) is 1. The summed E-state index contributed by atoms with van der Waals surface area (Å²) < 4.78 is 40.0. The summed E-state index contributed by atoms with van der Waals surface area (Å²) in [6, 6.07) is 7.44. The van der Waals surface area contributed by atoms with Crippen LogP contribution in [-0.4, -0.2) is 43.9 Å². The van der Waals surface area contributed by atoms with Crippen molar-refractivity contribution in [3.63, 3.8) is 0 Å². The predicted molar refractivity (Wildman–Crippen MR) is 129 cm³/mol. The van der Waals surface area contributed by atoms with E-state index < -0.39 is 22.3 Å². The number of aromatic nitrogens is 3. The molecule has 2 unspecified atom stereocenters. The second-order valence-electron chi connectivity index (χ2n) is 9.88. The molecule has 2 aromatic heterocycles. The Morgan fingerprint density at radius 3 is 2.56 bits per heavy atom. The zero-order valence-corrected chi connectivity index (χ0v) is 20.3. The zero-order chi connectivity index (χ0) is 25.3. The van der Waals surface area contributed by atoms with E-state index in [0.717, 1.165) is 31.5 Å². The van der Waals surface area contributed by atoms with Crippen molar-refractivity contribution in [2.45, 2.75) is 43.4 Å². The molecule has 1 saturated heterocycles. The van der Waals surface area contributed by atoms with Gasteiger partial charge in [0.2, 0.25) is 0 Å². The van der Waals surface area contributed by atoms with Gasteiger partial charge in [-0.15, -0.1) is 0 Å². The zero-order valence-electron chi connectivity index (χ0n) is 18.8. The minimum atomic E-state index is -4.59. The van der Waals surface area contributed by atoms with Gasteiger partial charge in [-0.2, -0.15) is 13.2 Å². The Morgan fingerprint density at radius 1 is 1.11 bits per heavy atom. The monoisotopic (exact) mass is 533 g/mol. The van der Waals surface area contributed by atoms with E-state index in [1.165, 1.54) is 0 Å². The average Bonchev–Trinajstić information content (AvgIpc) is 3.72. The Balaban J connectivity index is 1.32. The second kappa shape index (κ2) is 8.05. The Labute approximate surface area is 214 Å². The topological polar surface area (TPSA) is 71.0 Å². The largest absolute Gasteiger partial charge is 0.418 e. The molecule has 6 rings (SSSR count). The number of nitrogens with zero attached hydrogens (tertiary/aromatic N) is 4. The molecule has 186 valence electrons. The van der Waals surface area contributed by atoms with Crippen LogP contribution in [0.2, 0.25) is 10.0 Å². The predicted octanol–water partition coefficient (Wildman–Crippen LogP) is 6.11. The second-order valence-corrected chi connectivity index (χ2v) is 10.7. The van der Waals surface area contributed by atoms with Gasteiger partial charge in [-0.3, -0.25) is 4.79 Å². The van der Waals surface area contributed by atoms with E-state index in [4.69, 9.17) is 23.2 Å². The van der Waals surface area contributed by atoms with Crippen LogP contribution in [0.1, 0.15) is 41.6 Å². The fourth-order valence-electron chi connectivity index (χ4n) is 5.44. The Bertz CT molecular complexity index is 1370. The van der Waals surface area contributed by atoms with E-state index in [2.05, 4.69) is 20.3 Å². The summed E-state index contributed by atoms with van der Waals surface area (Å²) in [4.78, 5) is 28.5. The van der Waals surface area contributed by atoms with E-state index in [1.807, 2.05) is 4.90 Å². The van der Waals surface area contributed by atoms with E-state index in [1.54, 1.807) is 36.7 Å². The number of pyridine rings is 1. The SMILES string of the molecule is O=C(c1cc(Cl)ccc1-c1ncccn1)N1CC2(CC2)CC12CC2Nc1cc(C(F)(F)F)c(Cl)cn1. The molecule has 2 spiro atoms. The molecule has 3 heterocycles. The van der Waals surface area contributed by atoms with Gasteiger partial charge >= 0.3 is 6.18 Å². The summed E-state index contributed by atoms with van der Waals surface area (Å²) in [6.45, 7) is 0.591. The van der Waals surface area contributed by atoms with Gasteiger partial charge in [-0.25, -0.2) is 15.0 Å². The van der Waals surface area contributed by atoms with E-state index >= 15 is 0 Å². The van der Waals surface area contributed by atoms with Crippen molar-refractivity contribution in [1.29, 1.82) is 0 Å². The first kappa shape index (κ1) is 23.5. The lowest BCUT2D eigenvalue weighted by atomic mass is 10.0. The first-order valence-electron chi connectivity index (χ1n) is 11.5. The van der Waals surface area contributed by atoms with Crippen LogP contribution in [0.25, 0.3) is 11.4 Å². The Morgan fingerprint density at radius 2 is 1.86 bits per heavy atom. The average molecular weight is 534 g/mol. The van der Waals surface area contributed by atoms with Gasteiger partial charge in [0.1, 0.15) is 5.82 Å². The summed E-state index contributed by atoms with van der Waals surface area (Å²) in [7, 11) is 0. The van der Waals surface area contributed by atoms with Crippen LogP contribution >= 0.6 is 23.2 Å². The van der Waals surface area contributed by atoms with Crippen LogP contribution < -0.4 is 5.32 Å². The number of carbonyl (C=O) groups excluding carboxylic acids is 1. The maximum Gasteiger partial charge on any atom is 0.418 e. The van der Waals surface area contributed by atoms with Crippen LogP contribution in [0.15, 0.2) is 48.9 Å². The lowest BCUT2D eigenvalue weighted by molar-refractivity contribution is -0.137. The van der Waals surface area contributed by atoms with Gasteiger partial charge in [0.15, 0.2) is 5.82 Å². The molecule has 6 nitrogen and oxygen atoms in total. The fourth-order valence-corrected chi connectivity index (χ4v) is 5.82. The van der Waals surface area contributed by atoms with E-state index in [0.29, 0.717) is 34.9 Å². The highest BCUT2D eigenvalue weighted by Gasteiger charge is 2.70. The van der Waals surface area contributed by atoms with Crippen LogP contribution in [0.4, 0.5) is 19.0 Å². The number of benzene rings is 1. The van der Waals surface area contributed by atoms with Crippen LogP contribution in [-0.2, 0) is 6.18 Å². The highest BCUT2D eigenvalue weighted by atomic mass is 35.5. The van der Waals surface area contributed by atoms with E-state index in [-0.39, 0.29) is 23.2 Å². The highest BCUT2D eigenvalue weighted by molar-refractivity contribution is 6.31. The standard InChI is InChI=1S/C25H20Cl2F3N5O/c26-14-2-3-15(21-31-6-1-7-32-21)16(8-14)22(36)35-13-23(4-5-23)12-24(35)10-19(24)34-20-9-17(25(28,29)30)18(27)11-33-20/h1-3,6-9,11,19H,4-5,10,12-13H2,(H,33,34). The lowest BCUT2D eigenvalue weighted by Crippen LogP contribution is -2.41. The summed E-state index contributed by atoms with van der Waals surface area (Å²) in [6.07, 6.45) is 3.08. The molecular weight excluding hydrogens is 514 g/mol. The number of halogens is 5. The van der Waals surface area contributed by atoms with Gasteiger partial charge in [-0.05, 0) is 61.4 Å². The number of hydrogen-bond donors (Lipinski definition) is 1.